The highest BCUT2D eigenvalue weighted by Gasteiger charge is 2.55. The molecule has 1 fully saturated rings. The number of nitrogen functional groups attached to an aromatic ring is 2. The van der Waals surface area contributed by atoms with E-state index in [0.29, 0.717) is 17.5 Å². The van der Waals surface area contributed by atoms with Crippen LogP contribution < -0.4 is 26.8 Å². The van der Waals surface area contributed by atoms with Crippen LogP contribution in [0.5, 0.6) is 0 Å². The molecule has 0 spiro atoms. The van der Waals surface area contributed by atoms with Crippen molar-refractivity contribution in [1.82, 2.24) is 29.6 Å². The highest BCUT2D eigenvalue weighted by molar-refractivity contribution is 8.00. The molecule has 0 radical (unpaired) electrons. The normalized spacial score (nSPS) is 18.4. The number of β-lactam (4-membered cyclic amide) rings is 1. The molecule has 2 aromatic heterocycles. The summed E-state index contributed by atoms with van der Waals surface area (Å²) in [4.78, 5) is 71.1. The number of aliphatic carboxylic acids is 2. The van der Waals surface area contributed by atoms with Gasteiger partial charge >= 0.3 is 11.9 Å². The van der Waals surface area contributed by atoms with Crippen LogP contribution in [-0.4, -0.2) is 99.5 Å². The van der Waals surface area contributed by atoms with E-state index in [9.17, 15) is 39.3 Å². The first-order valence-corrected chi connectivity index (χ1v) is 14.6. The van der Waals surface area contributed by atoms with Gasteiger partial charge in [0.15, 0.2) is 17.5 Å². The number of anilines is 2. The molecule has 0 saturated carbocycles. The number of rotatable bonds is 14. The van der Waals surface area contributed by atoms with Gasteiger partial charge in [-0.25, -0.2) is 9.59 Å². The van der Waals surface area contributed by atoms with Crippen LogP contribution in [0.15, 0.2) is 22.6 Å². The summed E-state index contributed by atoms with van der Waals surface area (Å²) < 4.78 is 7.03. The number of fused-ring (bicyclic) bond motifs is 1. The maximum Gasteiger partial charge on any atom is 0.352 e. The van der Waals surface area contributed by atoms with Crippen LogP contribution in [0.4, 0.5) is 10.9 Å². The predicted molar refractivity (Wildman–Crippen MR) is 152 cm³/mol. The minimum atomic E-state index is -1.82. The zero-order chi connectivity index (χ0) is 32.3. The highest BCUT2D eigenvalue weighted by atomic mass is 32.2. The Hall–Kier alpha value is -4.76. The fourth-order valence-electron chi connectivity index (χ4n) is 4.31. The van der Waals surface area contributed by atoms with E-state index in [0.717, 1.165) is 16.4 Å². The van der Waals surface area contributed by atoms with Gasteiger partial charge < -0.3 is 42.3 Å². The lowest BCUT2D eigenvalue weighted by Crippen LogP contribution is -2.71. The zero-order valence-corrected chi connectivity index (χ0v) is 24.9. The Morgan fingerprint density at radius 2 is 2.05 bits per heavy atom. The zero-order valence-electron chi connectivity index (χ0n) is 23.3. The van der Waals surface area contributed by atoms with Crippen LogP contribution in [0.25, 0.3) is 0 Å². The summed E-state index contributed by atoms with van der Waals surface area (Å²) in [5.41, 5.74) is 10.1. The average Bonchev–Trinajstić information content (AvgIpc) is 3.52. The average molecular weight is 654 g/mol. The van der Waals surface area contributed by atoms with Crippen molar-refractivity contribution in [3.63, 3.8) is 0 Å². The van der Waals surface area contributed by atoms with E-state index in [4.69, 9.17) is 16.3 Å². The number of nitrogens with one attached hydrogen (secondary N) is 2. The molecule has 0 aromatic carbocycles. The molecular formula is C23H29N10O9S2+. The van der Waals surface area contributed by atoms with Gasteiger partial charge in [-0.3, -0.25) is 19.3 Å². The molecule has 2 aromatic rings. The third-order valence-corrected chi connectivity index (χ3v) is 8.43. The number of amides is 3. The molecule has 9 N–H and O–H groups in total. The number of carboxylic acid groups (broad SMARTS) is 2. The fourth-order valence-corrected chi connectivity index (χ4v) is 6.08. The number of nitrogens with two attached hydrogens (primary N) is 2. The fraction of sp³-hybridized carbons (Fsp3) is 0.435. The molecular weight excluding hydrogens is 624 g/mol. The quantitative estimate of drug-likeness (QED) is 0.0353. The molecule has 2 aliphatic heterocycles. The van der Waals surface area contributed by atoms with E-state index in [1.807, 2.05) is 0 Å². The van der Waals surface area contributed by atoms with Crippen molar-refractivity contribution < 1.29 is 48.8 Å². The number of carboxylic acids is 2. The predicted octanol–water partition coefficient (Wildman–Crippen LogP) is -2.95. The van der Waals surface area contributed by atoms with Crippen LogP contribution in [0.3, 0.4) is 0 Å². The van der Waals surface area contributed by atoms with Crippen LogP contribution in [0.1, 0.15) is 25.2 Å². The van der Waals surface area contributed by atoms with Gasteiger partial charge in [0.2, 0.25) is 29.7 Å². The summed E-state index contributed by atoms with van der Waals surface area (Å²) in [6.07, 6.45) is 2.11. The van der Waals surface area contributed by atoms with E-state index in [1.165, 1.54) is 30.3 Å². The summed E-state index contributed by atoms with van der Waals surface area (Å²) in [6, 6.07) is -1.17. The second kappa shape index (κ2) is 12.9. The lowest BCUT2D eigenvalue weighted by Gasteiger charge is -2.49. The molecule has 2 atom stereocenters. The number of hydrogen-bond acceptors (Lipinski definition) is 14. The summed E-state index contributed by atoms with van der Waals surface area (Å²) in [6.45, 7) is 2.34. The number of carbonyl (C=O) groups is 5. The topological polar surface area (TPSA) is 282 Å². The van der Waals surface area contributed by atoms with Gasteiger partial charge in [0, 0.05) is 22.9 Å². The molecule has 0 unspecified atom stereocenters. The van der Waals surface area contributed by atoms with Crippen molar-refractivity contribution in [3.8, 4) is 0 Å². The smallest absolute Gasteiger partial charge is 0.352 e. The highest BCUT2D eigenvalue weighted by Crippen LogP contribution is 2.40. The molecule has 44 heavy (non-hydrogen) atoms. The van der Waals surface area contributed by atoms with Crippen molar-refractivity contribution in [2.75, 3.05) is 23.8 Å². The number of oxime groups is 1. The Morgan fingerprint density at radius 1 is 1.32 bits per heavy atom. The first kappa shape index (κ1) is 32.2. The number of thioether (sulfide) groups is 1. The molecule has 2 aliphatic rings. The summed E-state index contributed by atoms with van der Waals surface area (Å²) >= 11 is 1.95. The maximum atomic E-state index is 13.3. The molecule has 1 saturated heterocycles. The summed E-state index contributed by atoms with van der Waals surface area (Å²) in [5, 5.41) is 36.8. The molecule has 4 rings (SSSR count). The monoisotopic (exact) mass is 653 g/mol. The van der Waals surface area contributed by atoms with Gasteiger partial charge in [-0.05, 0) is 13.8 Å². The Balaban J connectivity index is 1.58. The maximum absolute atomic E-state index is 13.3. The lowest BCUT2D eigenvalue weighted by atomic mass is 10.0. The number of aliphatic hydroxyl groups is 1. The van der Waals surface area contributed by atoms with Gasteiger partial charge in [-0.15, -0.1) is 21.1 Å². The van der Waals surface area contributed by atoms with Gasteiger partial charge in [0.05, 0.1) is 18.7 Å². The van der Waals surface area contributed by atoms with Crippen molar-refractivity contribution in [3.05, 3.63) is 28.9 Å². The minimum Gasteiger partial charge on any atom is -0.478 e. The molecule has 19 nitrogen and oxygen atoms in total. The van der Waals surface area contributed by atoms with Gasteiger partial charge in [0.25, 0.3) is 11.8 Å². The first-order chi connectivity index (χ1) is 20.8. The van der Waals surface area contributed by atoms with Crippen LogP contribution in [0.2, 0.25) is 0 Å². The van der Waals surface area contributed by atoms with Crippen molar-refractivity contribution in [2.45, 2.75) is 50.5 Å². The molecule has 236 valence electrons. The number of aliphatic hydroxyl groups excluding tert-OH is 1. The van der Waals surface area contributed by atoms with Crippen molar-refractivity contribution >= 4 is 70.1 Å². The van der Waals surface area contributed by atoms with Crippen molar-refractivity contribution in [2.24, 2.45) is 5.16 Å². The third kappa shape index (κ3) is 6.28. The van der Waals surface area contributed by atoms with E-state index in [1.54, 1.807) is 10.9 Å². The largest absolute Gasteiger partial charge is 0.478 e. The van der Waals surface area contributed by atoms with E-state index >= 15 is 0 Å². The van der Waals surface area contributed by atoms with Gasteiger partial charge in [0.1, 0.15) is 23.7 Å². The van der Waals surface area contributed by atoms with Crippen molar-refractivity contribution in [1.29, 1.82) is 0 Å². The molecule has 3 amide bonds. The van der Waals surface area contributed by atoms with Crippen LogP contribution >= 0.6 is 23.3 Å². The standard InChI is InChI=1S/C23H28N10O9S2/c1-23(2,21(40)41)42-29-12(16-28-22(25)44-30-16)17(36)27-13-18(37)33-14(20(38)39)11(8-43-19(13)33)7-31-6-10(5-26-9-35)15(24)32(31)3-4-34/h6,9,13,19,24,34H,3-5,7-8H2,1-2H3,(H6,25,26,27,28,30,35,36,38,39,40,41)/p+1/b29-12+/t13-,19-/m1/s1. The number of nitrogens with zero attached hydrogens (tertiary/aromatic N) is 6. The van der Waals surface area contributed by atoms with Gasteiger partial charge in [-0.1, -0.05) is 5.16 Å². The lowest BCUT2D eigenvalue weighted by molar-refractivity contribution is -0.767. The minimum absolute atomic E-state index is 0.00211. The van der Waals surface area contributed by atoms with Crippen LogP contribution in [0, 0.1) is 0 Å². The molecule has 21 heteroatoms. The Kier molecular flexibility index (Phi) is 9.39. The van der Waals surface area contributed by atoms with Gasteiger partial charge in [-0.2, -0.15) is 9.36 Å². The Labute approximate surface area is 256 Å². The summed E-state index contributed by atoms with van der Waals surface area (Å²) in [7, 11) is 0. The Morgan fingerprint density at radius 3 is 2.64 bits per heavy atom. The number of carbonyl (C=O) groups excluding carboxylic acids is 3. The first-order valence-electron chi connectivity index (χ1n) is 12.8. The molecule has 4 heterocycles. The second-order valence-electron chi connectivity index (χ2n) is 9.90. The Bertz CT molecular complexity index is 1570. The number of hydrogen-bond donors (Lipinski definition) is 7. The van der Waals surface area contributed by atoms with E-state index in [-0.39, 0.29) is 54.5 Å². The van der Waals surface area contributed by atoms with E-state index < -0.39 is 46.5 Å². The summed E-state index contributed by atoms with van der Waals surface area (Å²) in [5.74, 6) is -4.26. The van der Waals surface area contributed by atoms with E-state index in [2.05, 4.69) is 25.1 Å². The SMILES string of the molecule is CC(C)(O/N=C(/C(=O)N[C@@H]1C(=O)N2C(C(=O)O)=C(C[n+]3cc(CNC=O)c(N)n3CCO)CS[C@H]12)c1nsc(N)n1)C(=O)O. The van der Waals surface area contributed by atoms with Crippen LogP contribution in [-0.2, 0) is 48.4 Å². The molecule has 0 bridgehead atoms. The number of aromatic nitrogens is 4. The third-order valence-electron chi connectivity index (χ3n) is 6.55. The molecule has 0 aliphatic carbocycles. The second-order valence-corrected chi connectivity index (χ2v) is 11.8.